The highest BCUT2D eigenvalue weighted by Gasteiger charge is 2.27. The summed E-state index contributed by atoms with van der Waals surface area (Å²) in [7, 11) is 1.82. The summed E-state index contributed by atoms with van der Waals surface area (Å²) in [6, 6.07) is 0.723. The molecule has 2 rings (SSSR count). The van der Waals surface area contributed by atoms with E-state index in [0.717, 1.165) is 24.5 Å². The minimum Gasteiger partial charge on any atom is -0.384 e. The Morgan fingerprint density at radius 1 is 1.38 bits per heavy atom. The second-order valence-corrected chi connectivity index (χ2v) is 5.55. The molecule has 3 atom stereocenters. The molecular formula is C13H26N2O. The average molecular weight is 226 g/mol. The summed E-state index contributed by atoms with van der Waals surface area (Å²) in [5, 5.41) is 3.63. The van der Waals surface area contributed by atoms with Gasteiger partial charge in [-0.05, 0) is 44.2 Å². The van der Waals surface area contributed by atoms with E-state index in [4.69, 9.17) is 4.74 Å². The van der Waals surface area contributed by atoms with Crippen molar-refractivity contribution in [2.24, 2.45) is 11.8 Å². The monoisotopic (exact) mass is 226 g/mol. The van der Waals surface area contributed by atoms with Crippen molar-refractivity contribution in [3.63, 3.8) is 0 Å². The van der Waals surface area contributed by atoms with E-state index in [1.165, 1.54) is 45.4 Å². The minimum atomic E-state index is 0.723. The molecule has 0 amide bonds. The van der Waals surface area contributed by atoms with Gasteiger partial charge >= 0.3 is 0 Å². The maximum absolute atomic E-state index is 5.28. The van der Waals surface area contributed by atoms with Gasteiger partial charge in [0.1, 0.15) is 0 Å². The maximum Gasteiger partial charge on any atom is 0.0502 e. The molecule has 0 aromatic carbocycles. The molecule has 3 nitrogen and oxygen atoms in total. The van der Waals surface area contributed by atoms with Gasteiger partial charge < -0.3 is 15.0 Å². The van der Waals surface area contributed by atoms with Crippen molar-refractivity contribution in [2.45, 2.75) is 32.2 Å². The van der Waals surface area contributed by atoms with Gasteiger partial charge in [-0.2, -0.15) is 0 Å². The first kappa shape index (κ1) is 12.3. The van der Waals surface area contributed by atoms with Crippen LogP contribution in [0.1, 0.15) is 26.2 Å². The average Bonchev–Trinajstić information content (AvgIpc) is 2.66. The summed E-state index contributed by atoms with van der Waals surface area (Å²) >= 11 is 0. The molecule has 2 saturated heterocycles. The number of piperidine rings is 1. The Morgan fingerprint density at radius 2 is 2.25 bits per heavy atom. The predicted molar refractivity (Wildman–Crippen MR) is 66.6 cm³/mol. The fourth-order valence-corrected chi connectivity index (χ4v) is 3.11. The Morgan fingerprint density at radius 3 is 2.94 bits per heavy atom. The molecule has 0 bridgehead atoms. The molecule has 2 heterocycles. The first-order valence-corrected chi connectivity index (χ1v) is 6.74. The van der Waals surface area contributed by atoms with E-state index < -0.39 is 0 Å². The molecule has 2 aliphatic heterocycles. The summed E-state index contributed by atoms with van der Waals surface area (Å²) in [5.41, 5.74) is 0. The van der Waals surface area contributed by atoms with Gasteiger partial charge in [-0.1, -0.05) is 6.92 Å². The number of nitrogens with one attached hydrogen (secondary N) is 1. The van der Waals surface area contributed by atoms with E-state index in [-0.39, 0.29) is 0 Å². The second-order valence-electron chi connectivity index (χ2n) is 5.55. The van der Waals surface area contributed by atoms with Crippen molar-refractivity contribution in [2.75, 3.05) is 39.9 Å². The van der Waals surface area contributed by atoms with Crippen LogP contribution in [-0.2, 0) is 4.74 Å². The lowest BCUT2D eigenvalue weighted by molar-refractivity contribution is 0.0846. The second kappa shape index (κ2) is 5.99. The smallest absolute Gasteiger partial charge is 0.0502 e. The minimum absolute atomic E-state index is 0.723. The van der Waals surface area contributed by atoms with Gasteiger partial charge in [0.15, 0.2) is 0 Å². The number of rotatable bonds is 4. The highest BCUT2D eigenvalue weighted by Crippen LogP contribution is 2.20. The van der Waals surface area contributed by atoms with Crippen molar-refractivity contribution in [3.05, 3.63) is 0 Å². The zero-order chi connectivity index (χ0) is 11.4. The molecule has 3 unspecified atom stereocenters. The molecule has 0 spiro atoms. The van der Waals surface area contributed by atoms with E-state index in [2.05, 4.69) is 17.1 Å². The fourth-order valence-electron chi connectivity index (χ4n) is 3.11. The predicted octanol–water partition coefficient (Wildman–Crippen LogP) is 1.34. The molecule has 16 heavy (non-hydrogen) atoms. The molecule has 0 radical (unpaired) electrons. The van der Waals surface area contributed by atoms with Gasteiger partial charge in [0.2, 0.25) is 0 Å². The van der Waals surface area contributed by atoms with Crippen LogP contribution in [0.3, 0.4) is 0 Å². The summed E-state index contributed by atoms with van der Waals surface area (Å²) in [6.07, 6.45) is 4.03. The Balaban J connectivity index is 1.76. The van der Waals surface area contributed by atoms with Crippen LogP contribution in [0.25, 0.3) is 0 Å². The maximum atomic E-state index is 5.28. The van der Waals surface area contributed by atoms with Crippen molar-refractivity contribution in [1.82, 2.24) is 10.2 Å². The van der Waals surface area contributed by atoms with Crippen molar-refractivity contribution in [3.8, 4) is 0 Å². The lowest BCUT2D eigenvalue weighted by Gasteiger charge is -2.34. The molecule has 1 N–H and O–H groups in total. The van der Waals surface area contributed by atoms with Gasteiger partial charge in [0.25, 0.3) is 0 Å². The van der Waals surface area contributed by atoms with E-state index in [0.29, 0.717) is 0 Å². The third-order valence-corrected chi connectivity index (χ3v) is 4.15. The third-order valence-electron chi connectivity index (χ3n) is 4.15. The number of hydrogen-bond acceptors (Lipinski definition) is 3. The number of hydrogen-bond donors (Lipinski definition) is 1. The summed E-state index contributed by atoms with van der Waals surface area (Å²) in [4.78, 5) is 2.63. The highest BCUT2D eigenvalue weighted by atomic mass is 16.5. The van der Waals surface area contributed by atoms with E-state index >= 15 is 0 Å². The molecule has 0 aliphatic carbocycles. The molecule has 0 aromatic rings. The van der Waals surface area contributed by atoms with Gasteiger partial charge in [0, 0.05) is 26.2 Å². The van der Waals surface area contributed by atoms with E-state index in [1.54, 1.807) is 0 Å². The van der Waals surface area contributed by atoms with Crippen LogP contribution in [0.15, 0.2) is 0 Å². The fraction of sp³-hybridized carbons (Fsp3) is 1.00. The van der Waals surface area contributed by atoms with E-state index in [9.17, 15) is 0 Å². The van der Waals surface area contributed by atoms with Crippen LogP contribution in [0.2, 0.25) is 0 Å². The zero-order valence-electron chi connectivity index (χ0n) is 10.7. The van der Waals surface area contributed by atoms with Crippen molar-refractivity contribution >= 4 is 0 Å². The SMILES string of the molecule is COCC1CCCN(CC2NCCC2C)C1. The quantitative estimate of drug-likeness (QED) is 0.783. The van der Waals surface area contributed by atoms with Crippen LogP contribution in [0, 0.1) is 11.8 Å². The Labute approximate surface area is 99.5 Å². The normalized spacial score (nSPS) is 36.8. The number of nitrogens with zero attached hydrogens (tertiary/aromatic N) is 1. The number of methoxy groups -OCH3 is 1. The molecule has 0 saturated carbocycles. The van der Waals surface area contributed by atoms with Gasteiger partial charge in [-0.3, -0.25) is 0 Å². The van der Waals surface area contributed by atoms with Crippen LogP contribution in [0.4, 0.5) is 0 Å². The molecule has 0 aromatic heterocycles. The standard InChI is InChI=1S/C13H26N2O/c1-11-5-6-14-13(11)9-15-7-3-4-12(8-15)10-16-2/h11-14H,3-10H2,1-2H3. The van der Waals surface area contributed by atoms with Gasteiger partial charge in [0.05, 0.1) is 6.61 Å². The van der Waals surface area contributed by atoms with Crippen molar-refractivity contribution in [1.29, 1.82) is 0 Å². The Bertz CT molecular complexity index is 208. The summed E-state index contributed by atoms with van der Waals surface area (Å²) in [6.45, 7) is 8.28. The number of likely N-dealkylation sites (tertiary alicyclic amines) is 1. The first-order chi connectivity index (χ1) is 7.79. The molecule has 3 heteroatoms. The molecule has 2 aliphatic rings. The molecular weight excluding hydrogens is 200 g/mol. The third kappa shape index (κ3) is 3.19. The van der Waals surface area contributed by atoms with Crippen molar-refractivity contribution < 1.29 is 4.74 Å². The summed E-state index contributed by atoms with van der Waals surface area (Å²) in [5.74, 6) is 1.61. The Kier molecular flexibility index (Phi) is 4.62. The molecule has 2 fully saturated rings. The highest BCUT2D eigenvalue weighted by molar-refractivity contribution is 4.85. The van der Waals surface area contributed by atoms with E-state index in [1.807, 2.05) is 7.11 Å². The Hall–Kier alpha value is -0.120. The van der Waals surface area contributed by atoms with Gasteiger partial charge in [-0.15, -0.1) is 0 Å². The van der Waals surface area contributed by atoms with Crippen LogP contribution < -0.4 is 5.32 Å². The molecule has 94 valence electrons. The lowest BCUT2D eigenvalue weighted by atomic mass is 9.97. The van der Waals surface area contributed by atoms with Crippen LogP contribution in [-0.4, -0.2) is 50.8 Å². The number of ether oxygens (including phenoxy) is 1. The van der Waals surface area contributed by atoms with Gasteiger partial charge in [-0.25, -0.2) is 0 Å². The first-order valence-electron chi connectivity index (χ1n) is 6.74. The lowest BCUT2D eigenvalue weighted by Crippen LogP contribution is -2.45. The summed E-state index contributed by atoms with van der Waals surface area (Å²) < 4.78 is 5.28. The topological polar surface area (TPSA) is 24.5 Å². The zero-order valence-corrected chi connectivity index (χ0v) is 10.7. The van der Waals surface area contributed by atoms with Crippen LogP contribution in [0.5, 0.6) is 0 Å². The largest absolute Gasteiger partial charge is 0.384 e. The van der Waals surface area contributed by atoms with Crippen LogP contribution >= 0.6 is 0 Å².